The highest BCUT2D eigenvalue weighted by molar-refractivity contribution is 4.94. The van der Waals surface area contributed by atoms with Crippen LogP contribution in [0.4, 0.5) is 8.78 Å². The fourth-order valence-corrected chi connectivity index (χ4v) is 1.99. The SMILES string of the molecule is CC.CCC1CC1(C)C.CCC1CC1(F)F. The third kappa shape index (κ3) is 4.80. The van der Waals surface area contributed by atoms with E-state index < -0.39 is 5.92 Å². The maximum absolute atomic E-state index is 11.8. The van der Waals surface area contributed by atoms with Gasteiger partial charge in [0.2, 0.25) is 0 Å². The molecule has 0 amide bonds. The molecule has 2 aliphatic rings. The van der Waals surface area contributed by atoms with Gasteiger partial charge < -0.3 is 0 Å². The van der Waals surface area contributed by atoms with E-state index in [1.54, 1.807) is 6.92 Å². The molecule has 0 aliphatic heterocycles. The monoisotopic (exact) mass is 234 g/mol. The lowest BCUT2D eigenvalue weighted by Gasteiger charge is -1.95. The zero-order valence-corrected chi connectivity index (χ0v) is 11.7. The molecule has 2 fully saturated rings. The number of hydrogen-bond donors (Lipinski definition) is 0. The highest BCUT2D eigenvalue weighted by atomic mass is 19.3. The molecule has 0 N–H and O–H groups in total. The number of hydrogen-bond acceptors (Lipinski definition) is 0. The summed E-state index contributed by atoms with van der Waals surface area (Å²) in [7, 11) is 0. The molecule has 0 nitrogen and oxygen atoms in total. The maximum atomic E-state index is 11.8. The van der Waals surface area contributed by atoms with Gasteiger partial charge in [0.1, 0.15) is 0 Å². The van der Waals surface area contributed by atoms with Crippen LogP contribution in [0.2, 0.25) is 0 Å². The minimum Gasteiger partial charge on any atom is -0.207 e. The predicted molar refractivity (Wildman–Crippen MR) is 66.9 cm³/mol. The van der Waals surface area contributed by atoms with E-state index in [-0.39, 0.29) is 12.3 Å². The molecule has 2 saturated carbocycles. The Labute approximate surface area is 99.8 Å². The van der Waals surface area contributed by atoms with Crippen LogP contribution in [0.1, 0.15) is 67.2 Å². The third-order valence-corrected chi connectivity index (χ3v) is 3.66. The Morgan fingerprint density at radius 1 is 0.938 bits per heavy atom. The van der Waals surface area contributed by atoms with Crippen molar-refractivity contribution in [1.29, 1.82) is 0 Å². The van der Waals surface area contributed by atoms with Crippen LogP contribution in [0.25, 0.3) is 0 Å². The van der Waals surface area contributed by atoms with E-state index in [0.717, 1.165) is 11.3 Å². The summed E-state index contributed by atoms with van der Waals surface area (Å²) in [4.78, 5) is 0. The van der Waals surface area contributed by atoms with Crippen LogP contribution in [-0.2, 0) is 0 Å². The Hall–Kier alpha value is -0.140. The van der Waals surface area contributed by atoms with Crippen LogP contribution in [0.5, 0.6) is 0 Å². The minimum atomic E-state index is -2.28. The van der Waals surface area contributed by atoms with E-state index >= 15 is 0 Å². The first-order chi connectivity index (χ1) is 7.33. The van der Waals surface area contributed by atoms with Crippen LogP contribution in [0.15, 0.2) is 0 Å². The summed E-state index contributed by atoms with van der Waals surface area (Å²) >= 11 is 0. The summed E-state index contributed by atoms with van der Waals surface area (Å²) in [5.74, 6) is -1.52. The van der Waals surface area contributed by atoms with Crippen molar-refractivity contribution in [3.05, 3.63) is 0 Å². The second-order valence-corrected chi connectivity index (χ2v) is 5.37. The molecule has 0 aromatic carbocycles. The Bertz CT molecular complexity index is 175. The topological polar surface area (TPSA) is 0 Å². The Kier molecular flexibility index (Phi) is 5.92. The summed E-state index contributed by atoms with van der Waals surface area (Å²) in [6.07, 6.45) is 3.60. The van der Waals surface area contributed by atoms with Crippen molar-refractivity contribution in [1.82, 2.24) is 0 Å². The highest BCUT2D eigenvalue weighted by Gasteiger charge is 2.55. The third-order valence-electron chi connectivity index (χ3n) is 3.66. The fourth-order valence-electron chi connectivity index (χ4n) is 1.99. The van der Waals surface area contributed by atoms with Crippen molar-refractivity contribution in [2.45, 2.75) is 73.1 Å². The number of rotatable bonds is 2. The summed E-state index contributed by atoms with van der Waals surface area (Å²) in [5.41, 5.74) is 0.717. The summed E-state index contributed by atoms with van der Waals surface area (Å²) in [6.45, 7) is 12.8. The van der Waals surface area contributed by atoms with Crippen LogP contribution in [0, 0.1) is 17.3 Å². The van der Waals surface area contributed by atoms with Gasteiger partial charge in [-0.15, -0.1) is 0 Å². The van der Waals surface area contributed by atoms with Crippen molar-refractivity contribution in [3.8, 4) is 0 Å². The second kappa shape index (κ2) is 5.97. The Morgan fingerprint density at radius 2 is 1.25 bits per heavy atom. The van der Waals surface area contributed by atoms with Gasteiger partial charge in [0.05, 0.1) is 0 Å². The number of alkyl halides is 2. The van der Waals surface area contributed by atoms with Gasteiger partial charge in [0.15, 0.2) is 0 Å². The molecule has 2 aliphatic carbocycles. The van der Waals surface area contributed by atoms with Gasteiger partial charge in [0.25, 0.3) is 5.92 Å². The van der Waals surface area contributed by atoms with Gasteiger partial charge >= 0.3 is 0 Å². The molecular formula is C14H28F2. The van der Waals surface area contributed by atoms with Gasteiger partial charge in [-0.05, 0) is 24.2 Å². The van der Waals surface area contributed by atoms with Crippen LogP contribution >= 0.6 is 0 Å². The first-order valence-electron chi connectivity index (χ1n) is 6.71. The average Bonchev–Trinajstić information content (AvgIpc) is 3.06. The lowest BCUT2D eigenvalue weighted by Crippen LogP contribution is -1.90. The minimum absolute atomic E-state index is 0.128. The Balaban J connectivity index is 0.000000244. The van der Waals surface area contributed by atoms with Gasteiger partial charge in [-0.1, -0.05) is 48.0 Å². The van der Waals surface area contributed by atoms with Gasteiger partial charge in [0, 0.05) is 12.3 Å². The average molecular weight is 234 g/mol. The van der Waals surface area contributed by atoms with E-state index in [4.69, 9.17) is 0 Å². The molecule has 0 bridgehead atoms. The zero-order valence-electron chi connectivity index (χ0n) is 11.7. The van der Waals surface area contributed by atoms with Crippen molar-refractivity contribution >= 4 is 0 Å². The second-order valence-electron chi connectivity index (χ2n) is 5.37. The van der Waals surface area contributed by atoms with E-state index in [1.807, 2.05) is 13.8 Å². The maximum Gasteiger partial charge on any atom is 0.251 e. The molecule has 0 aromatic heterocycles. The summed E-state index contributed by atoms with van der Waals surface area (Å²) in [6, 6.07) is 0. The van der Waals surface area contributed by atoms with Crippen molar-refractivity contribution in [3.63, 3.8) is 0 Å². The molecule has 0 radical (unpaired) electrons. The van der Waals surface area contributed by atoms with Crippen LogP contribution in [-0.4, -0.2) is 5.92 Å². The normalized spacial score (nSPS) is 31.5. The van der Waals surface area contributed by atoms with Gasteiger partial charge in [-0.3, -0.25) is 0 Å². The van der Waals surface area contributed by atoms with Crippen LogP contribution < -0.4 is 0 Å². The standard InChI is InChI=1S/C7H14.C5H8F2.C2H6/c1-4-6-5-7(6,2)3;1-2-4-3-5(4,6)7;1-2/h6H,4-5H2,1-3H3;4H,2-3H2,1H3;1-2H3. The highest BCUT2D eigenvalue weighted by Crippen LogP contribution is 2.53. The molecule has 0 aromatic rings. The first-order valence-corrected chi connectivity index (χ1v) is 6.71. The lowest BCUT2D eigenvalue weighted by molar-refractivity contribution is 0.0981. The quantitative estimate of drug-likeness (QED) is 0.590. The molecule has 2 atom stereocenters. The first kappa shape index (κ1) is 15.9. The Morgan fingerprint density at radius 3 is 1.25 bits per heavy atom. The van der Waals surface area contributed by atoms with Crippen molar-refractivity contribution in [2.75, 3.05) is 0 Å². The molecule has 16 heavy (non-hydrogen) atoms. The molecular weight excluding hydrogens is 206 g/mol. The largest absolute Gasteiger partial charge is 0.251 e. The summed E-state index contributed by atoms with van der Waals surface area (Å²) in [5, 5.41) is 0. The van der Waals surface area contributed by atoms with E-state index in [2.05, 4.69) is 20.8 Å². The molecule has 2 rings (SSSR count). The molecule has 0 spiro atoms. The molecule has 98 valence electrons. The van der Waals surface area contributed by atoms with E-state index in [9.17, 15) is 8.78 Å². The summed E-state index contributed by atoms with van der Waals surface area (Å²) < 4.78 is 23.6. The molecule has 0 saturated heterocycles. The van der Waals surface area contributed by atoms with E-state index in [0.29, 0.717) is 6.42 Å². The molecule has 0 heterocycles. The van der Waals surface area contributed by atoms with Gasteiger partial charge in [-0.2, -0.15) is 0 Å². The smallest absolute Gasteiger partial charge is 0.207 e. The number of halogens is 2. The predicted octanol–water partition coefficient (Wildman–Crippen LogP) is 5.52. The van der Waals surface area contributed by atoms with Crippen molar-refractivity contribution < 1.29 is 8.78 Å². The lowest BCUT2D eigenvalue weighted by atomic mass is 10.1. The fraction of sp³-hybridized carbons (Fsp3) is 1.00. The van der Waals surface area contributed by atoms with Crippen molar-refractivity contribution in [2.24, 2.45) is 17.3 Å². The molecule has 2 heteroatoms. The van der Waals surface area contributed by atoms with E-state index in [1.165, 1.54) is 12.8 Å². The van der Waals surface area contributed by atoms with Crippen LogP contribution in [0.3, 0.4) is 0 Å². The molecule has 2 unspecified atom stereocenters. The van der Waals surface area contributed by atoms with Gasteiger partial charge in [-0.25, -0.2) is 8.78 Å². The zero-order chi connectivity index (χ0) is 13.0.